The van der Waals surface area contributed by atoms with Gasteiger partial charge in [-0.05, 0) is 139 Å². The van der Waals surface area contributed by atoms with E-state index >= 15 is 0 Å². The van der Waals surface area contributed by atoms with Crippen molar-refractivity contribution in [2.24, 2.45) is 4.99 Å². The highest BCUT2D eigenvalue weighted by atomic mass is 127. The number of carbonyl (C=O) groups is 1. The first-order chi connectivity index (χ1) is 16.4. The first kappa shape index (κ1) is 25.9. The SMILES string of the molecule is CCOc1cc(/C=C2\N=C(c3ccc(I)c(Br)c3)OC2=O)cc(I)c1OCc1ccccc1I. The largest absolute Gasteiger partial charge is 0.490 e. The third-order valence-corrected chi connectivity index (χ3v) is 8.94. The second kappa shape index (κ2) is 11.7. The highest BCUT2D eigenvalue weighted by Gasteiger charge is 2.25. The van der Waals surface area contributed by atoms with Gasteiger partial charge in [0.05, 0.1) is 10.2 Å². The molecule has 0 aliphatic carbocycles. The first-order valence-corrected chi connectivity index (χ1v) is 14.2. The second-order valence-electron chi connectivity index (χ2n) is 7.11. The summed E-state index contributed by atoms with van der Waals surface area (Å²) in [5, 5.41) is 0. The summed E-state index contributed by atoms with van der Waals surface area (Å²) >= 11 is 10.2. The molecular formula is C25H17BrI3NO4. The number of cyclic esters (lactones) is 1. The van der Waals surface area contributed by atoms with Crippen molar-refractivity contribution < 1.29 is 19.0 Å². The Morgan fingerprint density at radius 1 is 1.00 bits per heavy atom. The van der Waals surface area contributed by atoms with Gasteiger partial charge in [-0.2, -0.15) is 0 Å². The molecule has 0 bridgehead atoms. The van der Waals surface area contributed by atoms with E-state index in [-0.39, 0.29) is 11.6 Å². The van der Waals surface area contributed by atoms with Gasteiger partial charge in [-0.1, -0.05) is 18.2 Å². The van der Waals surface area contributed by atoms with Gasteiger partial charge in [0.2, 0.25) is 5.90 Å². The monoisotopic (exact) mass is 855 g/mol. The quantitative estimate of drug-likeness (QED) is 0.140. The lowest BCUT2D eigenvalue weighted by atomic mass is 10.1. The maximum Gasteiger partial charge on any atom is 0.363 e. The minimum Gasteiger partial charge on any atom is -0.490 e. The van der Waals surface area contributed by atoms with E-state index in [4.69, 9.17) is 14.2 Å². The molecule has 0 radical (unpaired) electrons. The number of carbonyl (C=O) groups excluding carboxylic acids is 1. The number of nitrogens with zero attached hydrogens (tertiary/aromatic N) is 1. The molecule has 9 heteroatoms. The summed E-state index contributed by atoms with van der Waals surface area (Å²) in [4.78, 5) is 16.9. The molecule has 0 saturated heterocycles. The average Bonchev–Trinajstić information content (AvgIpc) is 3.16. The van der Waals surface area contributed by atoms with Crippen molar-refractivity contribution in [3.8, 4) is 11.5 Å². The molecule has 0 aromatic heterocycles. The first-order valence-electron chi connectivity index (χ1n) is 10.2. The minimum absolute atomic E-state index is 0.232. The maximum absolute atomic E-state index is 12.5. The van der Waals surface area contributed by atoms with Crippen LogP contribution in [0.25, 0.3) is 6.08 Å². The van der Waals surface area contributed by atoms with Crippen LogP contribution in [0.5, 0.6) is 11.5 Å². The number of hydrogen-bond acceptors (Lipinski definition) is 5. The Balaban J connectivity index is 1.62. The zero-order valence-electron chi connectivity index (χ0n) is 17.8. The number of aliphatic imine (C=N–C) groups is 1. The molecule has 5 nitrogen and oxygen atoms in total. The lowest BCUT2D eigenvalue weighted by molar-refractivity contribution is -0.129. The summed E-state index contributed by atoms with van der Waals surface area (Å²) in [6, 6.07) is 17.6. The molecule has 0 fully saturated rings. The third-order valence-electron chi connectivity index (χ3n) is 4.75. The number of rotatable bonds is 7. The Morgan fingerprint density at radius 2 is 1.79 bits per heavy atom. The molecule has 3 aromatic rings. The topological polar surface area (TPSA) is 57.1 Å². The van der Waals surface area contributed by atoms with Crippen LogP contribution in [-0.4, -0.2) is 18.5 Å². The Hall–Kier alpha value is -1.19. The maximum atomic E-state index is 12.5. The summed E-state index contributed by atoms with van der Waals surface area (Å²) < 4.78 is 21.4. The van der Waals surface area contributed by atoms with Crippen LogP contribution in [-0.2, 0) is 16.1 Å². The number of esters is 1. The van der Waals surface area contributed by atoms with Gasteiger partial charge in [-0.25, -0.2) is 9.79 Å². The molecule has 0 N–H and O–H groups in total. The van der Waals surface area contributed by atoms with Gasteiger partial charge >= 0.3 is 5.97 Å². The van der Waals surface area contributed by atoms with E-state index in [1.165, 1.54) is 0 Å². The Kier molecular flexibility index (Phi) is 8.91. The van der Waals surface area contributed by atoms with E-state index in [9.17, 15) is 4.79 Å². The number of hydrogen-bond donors (Lipinski definition) is 0. The summed E-state index contributed by atoms with van der Waals surface area (Å²) in [5.41, 5.74) is 2.84. The fourth-order valence-corrected chi connectivity index (χ4v) is 5.20. The molecule has 0 amide bonds. The highest BCUT2D eigenvalue weighted by Crippen LogP contribution is 2.36. The van der Waals surface area contributed by atoms with E-state index in [1.54, 1.807) is 6.08 Å². The van der Waals surface area contributed by atoms with Crippen LogP contribution in [0.15, 0.2) is 69.8 Å². The van der Waals surface area contributed by atoms with Crippen LogP contribution < -0.4 is 9.47 Å². The van der Waals surface area contributed by atoms with Crippen molar-refractivity contribution in [3.05, 3.63) is 92.2 Å². The molecule has 0 unspecified atom stereocenters. The van der Waals surface area contributed by atoms with Crippen molar-refractivity contribution >= 4 is 102 Å². The van der Waals surface area contributed by atoms with Crippen LogP contribution in [0, 0.1) is 10.7 Å². The van der Waals surface area contributed by atoms with Gasteiger partial charge in [0.1, 0.15) is 6.61 Å². The Morgan fingerprint density at radius 3 is 2.53 bits per heavy atom. The second-order valence-corrected chi connectivity index (χ2v) is 11.4. The van der Waals surface area contributed by atoms with Crippen LogP contribution >= 0.6 is 83.7 Å². The molecule has 34 heavy (non-hydrogen) atoms. The average molecular weight is 856 g/mol. The van der Waals surface area contributed by atoms with Crippen LogP contribution in [0.3, 0.4) is 0 Å². The molecule has 0 saturated carbocycles. The minimum atomic E-state index is -0.489. The summed E-state index contributed by atoms with van der Waals surface area (Å²) in [6.07, 6.45) is 1.70. The molecule has 0 atom stereocenters. The van der Waals surface area contributed by atoms with Gasteiger partial charge in [0.15, 0.2) is 17.2 Å². The molecule has 0 spiro atoms. The summed E-state index contributed by atoms with van der Waals surface area (Å²) in [5.74, 6) is 1.08. The number of benzene rings is 3. The Labute approximate surface area is 246 Å². The molecule has 4 rings (SSSR count). The van der Waals surface area contributed by atoms with E-state index in [0.717, 1.165) is 31.9 Å². The van der Waals surface area contributed by atoms with Crippen LogP contribution in [0.4, 0.5) is 0 Å². The van der Waals surface area contributed by atoms with Crippen molar-refractivity contribution in [1.29, 1.82) is 0 Å². The van der Waals surface area contributed by atoms with Gasteiger partial charge in [-0.3, -0.25) is 0 Å². The lowest BCUT2D eigenvalue weighted by Gasteiger charge is -2.15. The van der Waals surface area contributed by atoms with Gasteiger partial charge in [-0.15, -0.1) is 0 Å². The molecule has 1 heterocycles. The van der Waals surface area contributed by atoms with E-state index in [2.05, 4.69) is 88.7 Å². The van der Waals surface area contributed by atoms with Crippen molar-refractivity contribution in [2.45, 2.75) is 13.5 Å². The van der Waals surface area contributed by atoms with Gasteiger partial charge in [0.25, 0.3) is 0 Å². The van der Waals surface area contributed by atoms with Crippen molar-refractivity contribution in [2.75, 3.05) is 6.61 Å². The fraction of sp³-hybridized carbons (Fsp3) is 0.120. The number of ether oxygens (including phenoxy) is 3. The molecule has 1 aliphatic heterocycles. The molecule has 1 aliphatic rings. The zero-order valence-corrected chi connectivity index (χ0v) is 25.8. The van der Waals surface area contributed by atoms with E-state index in [0.29, 0.717) is 24.7 Å². The molecule has 3 aromatic carbocycles. The van der Waals surface area contributed by atoms with Gasteiger partial charge < -0.3 is 14.2 Å². The van der Waals surface area contributed by atoms with Gasteiger partial charge in [0, 0.05) is 22.7 Å². The lowest BCUT2D eigenvalue weighted by Crippen LogP contribution is -2.05. The normalized spacial score (nSPS) is 14.2. The predicted molar refractivity (Wildman–Crippen MR) is 161 cm³/mol. The molecule has 174 valence electrons. The smallest absolute Gasteiger partial charge is 0.363 e. The summed E-state index contributed by atoms with van der Waals surface area (Å²) in [7, 11) is 0. The predicted octanol–water partition coefficient (Wildman–Crippen LogP) is 7.59. The fourth-order valence-electron chi connectivity index (χ4n) is 3.16. The van der Waals surface area contributed by atoms with E-state index in [1.807, 2.05) is 61.5 Å². The number of halogens is 4. The van der Waals surface area contributed by atoms with Crippen LogP contribution in [0.2, 0.25) is 0 Å². The van der Waals surface area contributed by atoms with Crippen molar-refractivity contribution in [3.63, 3.8) is 0 Å². The Bertz CT molecular complexity index is 1320. The molecular weight excluding hydrogens is 839 g/mol. The standard InChI is InChI=1S/C25H17BrI3NO4/c1-2-32-22-11-14(9-20(29)23(22)33-13-16-5-3-4-6-18(16)27)10-21-25(31)34-24(30-21)15-7-8-19(28)17(26)12-15/h3-12H,2,13H2,1H3/b21-10-. The zero-order chi connectivity index (χ0) is 24.2. The summed E-state index contributed by atoms with van der Waals surface area (Å²) in [6.45, 7) is 2.84. The third kappa shape index (κ3) is 6.13. The van der Waals surface area contributed by atoms with E-state index < -0.39 is 5.97 Å². The highest BCUT2D eigenvalue weighted by molar-refractivity contribution is 14.1. The van der Waals surface area contributed by atoms with Crippen molar-refractivity contribution in [1.82, 2.24) is 0 Å². The van der Waals surface area contributed by atoms with Crippen LogP contribution in [0.1, 0.15) is 23.6 Å².